The van der Waals surface area contributed by atoms with Gasteiger partial charge in [0.05, 0.1) is 17.9 Å². The molecule has 0 unspecified atom stereocenters. The maximum Gasteiger partial charge on any atom is 0.224 e. The first-order valence-corrected chi connectivity index (χ1v) is 10.9. The van der Waals surface area contributed by atoms with Crippen LogP contribution < -0.4 is 4.74 Å². The molecule has 4 rings (SSSR count). The zero-order valence-electron chi connectivity index (χ0n) is 17.5. The third-order valence-corrected chi connectivity index (χ3v) is 6.73. The highest BCUT2D eigenvalue weighted by atomic mass is 16.5. The molecule has 3 aliphatic carbocycles. The average Bonchev–Trinajstić information content (AvgIpc) is 3.25. The van der Waals surface area contributed by atoms with Gasteiger partial charge in [-0.25, -0.2) is 9.97 Å². The number of rotatable bonds is 6. The Bertz CT molecular complexity index is 795. The molecular formula is C24H32N2O2. The molecule has 0 N–H and O–H groups in total. The Labute approximate surface area is 169 Å². The number of ether oxygens (including phenoxy) is 2. The predicted octanol–water partition coefficient (Wildman–Crippen LogP) is 4.83. The van der Waals surface area contributed by atoms with E-state index in [-0.39, 0.29) is 6.10 Å². The maximum absolute atomic E-state index is 6.48. The van der Waals surface area contributed by atoms with Crippen molar-refractivity contribution in [3.63, 3.8) is 0 Å². The fraction of sp³-hybridized carbons (Fsp3) is 0.667. The number of nitrogens with zero attached hydrogens (tertiary/aromatic N) is 2. The van der Waals surface area contributed by atoms with Gasteiger partial charge < -0.3 is 9.47 Å². The predicted molar refractivity (Wildman–Crippen MR) is 111 cm³/mol. The molecular weight excluding hydrogens is 348 g/mol. The van der Waals surface area contributed by atoms with E-state index < -0.39 is 0 Å². The number of hydrogen-bond donors (Lipinski definition) is 0. The van der Waals surface area contributed by atoms with E-state index in [1.165, 1.54) is 29.6 Å². The van der Waals surface area contributed by atoms with E-state index in [0.717, 1.165) is 62.1 Å². The Kier molecular flexibility index (Phi) is 6.01. The molecule has 1 saturated carbocycles. The van der Waals surface area contributed by atoms with E-state index in [1.807, 2.05) is 6.92 Å². The van der Waals surface area contributed by atoms with Crippen LogP contribution in [0.4, 0.5) is 0 Å². The van der Waals surface area contributed by atoms with Crippen molar-refractivity contribution < 1.29 is 9.47 Å². The zero-order chi connectivity index (χ0) is 19.5. The molecule has 28 heavy (non-hydrogen) atoms. The summed E-state index contributed by atoms with van der Waals surface area (Å²) in [4.78, 5) is 9.15. The first-order valence-electron chi connectivity index (χ1n) is 10.9. The lowest BCUT2D eigenvalue weighted by atomic mass is 9.80. The van der Waals surface area contributed by atoms with Crippen molar-refractivity contribution in [2.45, 2.75) is 71.8 Å². The van der Waals surface area contributed by atoms with Gasteiger partial charge in [-0.15, -0.1) is 5.92 Å². The van der Waals surface area contributed by atoms with Gasteiger partial charge in [-0.3, -0.25) is 0 Å². The number of allylic oxidation sites excluding steroid dienone is 1. The van der Waals surface area contributed by atoms with Gasteiger partial charge in [0.15, 0.2) is 0 Å². The molecule has 0 aliphatic heterocycles. The normalized spacial score (nSPS) is 26.1. The Morgan fingerprint density at radius 1 is 1.14 bits per heavy atom. The van der Waals surface area contributed by atoms with Gasteiger partial charge in [-0.1, -0.05) is 25.3 Å². The Hall–Kier alpha value is -1.86. The molecule has 0 spiro atoms. The van der Waals surface area contributed by atoms with Gasteiger partial charge in [0, 0.05) is 12.3 Å². The summed E-state index contributed by atoms with van der Waals surface area (Å²) in [6, 6.07) is 0. The van der Waals surface area contributed by atoms with E-state index in [2.05, 4.69) is 35.7 Å². The molecule has 1 atom stereocenters. The Morgan fingerprint density at radius 3 is 2.71 bits per heavy atom. The van der Waals surface area contributed by atoms with Crippen LogP contribution in [0.1, 0.15) is 70.6 Å². The second kappa shape index (κ2) is 8.66. The molecule has 4 heteroatoms. The van der Waals surface area contributed by atoms with E-state index in [0.29, 0.717) is 12.5 Å². The van der Waals surface area contributed by atoms with Crippen LogP contribution in [0.2, 0.25) is 0 Å². The summed E-state index contributed by atoms with van der Waals surface area (Å²) >= 11 is 0. The molecule has 1 heterocycles. The van der Waals surface area contributed by atoms with Crippen LogP contribution in [0, 0.1) is 29.6 Å². The van der Waals surface area contributed by atoms with E-state index in [4.69, 9.17) is 9.47 Å². The Morgan fingerprint density at radius 2 is 1.96 bits per heavy atom. The van der Waals surface area contributed by atoms with Gasteiger partial charge in [0.25, 0.3) is 0 Å². The molecule has 1 aromatic heterocycles. The first-order chi connectivity index (χ1) is 13.7. The van der Waals surface area contributed by atoms with Crippen molar-refractivity contribution >= 4 is 5.57 Å². The molecule has 0 saturated heterocycles. The molecule has 0 radical (unpaired) electrons. The third kappa shape index (κ3) is 3.96. The van der Waals surface area contributed by atoms with Crippen molar-refractivity contribution in [3.05, 3.63) is 23.2 Å². The van der Waals surface area contributed by atoms with Gasteiger partial charge in [0.1, 0.15) is 19.0 Å². The second-order valence-electron chi connectivity index (χ2n) is 8.77. The molecule has 0 amide bonds. The molecule has 0 aromatic carbocycles. The number of hydrogen-bond acceptors (Lipinski definition) is 4. The van der Waals surface area contributed by atoms with Gasteiger partial charge in [-0.05, 0) is 62.9 Å². The van der Waals surface area contributed by atoms with Gasteiger partial charge in [0.2, 0.25) is 5.88 Å². The smallest absolute Gasteiger partial charge is 0.224 e. The van der Waals surface area contributed by atoms with Crippen molar-refractivity contribution in [1.82, 2.24) is 9.97 Å². The number of aromatic nitrogens is 2. The average molecular weight is 381 g/mol. The standard InChI is InChI=1S/C24H32N2O2/c1-4-5-12-27-14-19-7-6-18-13-21-23(22(18)19)24(26-15-25-21)28-20-10-8-17(9-11-20)16(2)3/h15-17,19-20H,6-14H2,1-3H3/t17-,19-,20-/m1/s1. The molecule has 1 aromatic rings. The first kappa shape index (κ1) is 19.5. The summed E-state index contributed by atoms with van der Waals surface area (Å²) in [5.41, 5.74) is 5.24. The monoisotopic (exact) mass is 380 g/mol. The summed E-state index contributed by atoms with van der Waals surface area (Å²) in [7, 11) is 0. The summed E-state index contributed by atoms with van der Waals surface area (Å²) in [6.07, 6.45) is 10.0. The van der Waals surface area contributed by atoms with E-state index >= 15 is 0 Å². The van der Waals surface area contributed by atoms with Crippen molar-refractivity contribution in [2.75, 3.05) is 13.2 Å². The molecule has 4 nitrogen and oxygen atoms in total. The van der Waals surface area contributed by atoms with Crippen molar-refractivity contribution in [3.8, 4) is 17.7 Å². The molecule has 150 valence electrons. The quantitative estimate of drug-likeness (QED) is 0.524. The van der Waals surface area contributed by atoms with Crippen LogP contribution in [0.25, 0.3) is 5.57 Å². The van der Waals surface area contributed by atoms with E-state index in [9.17, 15) is 0 Å². The van der Waals surface area contributed by atoms with Crippen LogP contribution in [-0.4, -0.2) is 29.3 Å². The third-order valence-electron chi connectivity index (χ3n) is 6.73. The maximum atomic E-state index is 6.48. The summed E-state index contributed by atoms with van der Waals surface area (Å²) in [5, 5.41) is 0. The van der Waals surface area contributed by atoms with E-state index in [1.54, 1.807) is 6.33 Å². The minimum absolute atomic E-state index is 0.287. The summed E-state index contributed by atoms with van der Waals surface area (Å²) < 4.78 is 12.3. The molecule has 0 bridgehead atoms. The number of fused-ring (bicyclic) bond motifs is 2. The minimum atomic E-state index is 0.287. The molecule has 3 aliphatic rings. The van der Waals surface area contributed by atoms with Crippen molar-refractivity contribution in [2.24, 2.45) is 17.8 Å². The Balaban J connectivity index is 1.47. The largest absolute Gasteiger partial charge is 0.474 e. The topological polar surface area (TPSA) is 44.2 Å². The fourth-order valence-electron chi connectivity index (χ4n) is 5.10. The van der Waals surface area contributed by atoms with Crippen LogP contribution >= 0.6 is 0 Å². The highest BCUT2D eigenvalue weighted by molar-refractivity contribution is 5.81. The molecule has 1 fully saturated rings. The summed E-state index contributed by atoms with van der Waals surface area (Å²) in [5.74, 6) is 8.72. The highest BCUT2D eigenvalue weighted by Crippen LogP contribution is 2.49. The lowest BCUT2D eigenvalue weighted by molar-refractivity contribution is 0.111. The van der Waals surface area contributed by atoms with Crippen LogP contribution in [0.5, 0.6) is 5.88 Å². The van der Waals surface area contributed by atoms with Crippen LogP contribution in [0.3, 0.4) is 0 Å². The van der Waals surface area contributed by atoms with Gasteiger partial charge in [-0.2, -0.15) is 0 Å². The zero-order valence-corrected chi connectivity index (χ0v) is 17.5. The minimum Gasteiger partial charge on any atom is -0.474 e. The lowest BCUT2D eigenvalue weighted by Gasteiger charge is -2.31. The van der Waals surface area contributed by atoms with Gasteiger partial charge >= 0.3 is 0 Å². The highest BCUT2D eigenvalue weighted by Gasteiger charge is 2.37. The lowest BCUT2D eigenvalue weighted by Crippen LogP contribution is -2.27. The van der Waals surface area contributed by atoms with Crippen molar-refractivity contribution in [1.29, 1.82) is 0 Å². The fourth-order valence-corrected chi connectivity index (χ4v) is 5.10. The van der Waals surface area contributed by atoms with Crippen LogP contribution in [-0.2, 0) is 11.2 Å². The SMILES string of the molecule is CC#CCOC[C@H]1CCC2=C1c1c(ncnc1O[C@H]1CC[C@H](C(C)C)CC1)C2. The van der Waals surface area contributed by atoms with Crippen LogP contribution in [0.15, 0.2) is 11.9 Å². The summed E-state index contributed by atoms with van der Waals surface area (Å²) in [6.45, 7) is 7.76. The second-order valence-corrected chi connectivity index (χ2v) is 8.77.